The molecule has 0 spiro atoms. The van der Waals surface area contributed by atoms with E-state index in [0.717, 1.165) is 11.1 Å². The van der Waals surface area contributed by atoms with Crippen LogP contribution in [0.5, 0.6) is 5.75 Å². The number of methoxy groups -OCH3 is 2. The monoisotopic (exact) mass is 467 g/mol. The quantitative estimate of drug-likeness (QED) is 0.427. The second kappa shape index (κ2) is 11.5. The molecule has 0 radical (unpaired) electrons. The highest BCUT2D eigenvalue weighted by atomic mass is 35.5. The summed E-state index contributed by atoms with van der Waals surface area (Å²) in [7, 11) is 2.95. The van der Waals surface area contributed by atoms with Crippen molar-refractivity contribution in [3.05, 3.63) is 100 Å². The van der Waals surface area contributed by atoms with Gasteiger partial charge in [0.1, 0.15) is 18.5 Å². The maximum absolute atomic E-state index is 13.1. The van der Waals surface area contributed by atoms with Gasteiger partial charge in [0.05, 0.1) is 24.3 Å². The normalized spacial score (nSPS) is 12.5. The minimum absolute atomic E-state index is 0.229. The lowest BCUT2D eigenvalue weighted by atomic mass is 10.1. The first kappa shape index (κ1) is 24.3. The van der Waals surface area contributed by atoms with Crippen molar-refractivity contribution in [3.63, 3.8) is 0 Å². The highest BCUT2D eigenvalue weighted by Gasteiger charge is 2.19. The van der Waals surface area contributed by atoms with E-state index >= 15 is 0 Å². The maximum Gasteiger partial charge on any atom is 0.337 e. The minimum atomic E-state index is -0.413. The van der Waals surface area contributed by atoms with Crippen molar-refractivity contribution in [1.29, 1.82) is 0 Å². The van der Waals surface area contributed by atoms with Crippen LogP contribution in [0.1, 0.15) is 50.9 Å². The highest BCUT2D eigenvalue weighted by Crippen LogP contribution is 2.26. The van der Waals surface area contributed by atoms with Crippen molar-refractivity contribution in [2.45, 2.75) is 19.1 Å². The fraction of sp³-hybridized carbons (Fsp3) is 0.231. The summed E-state index contributed by atoms with van der Waals surface area (Å²) in [6.45, 7) is 2.08. The second-order valence-electron chi connectivity index (χ2n) is 7.40. The number of ether oxygens (including phenoxy) is 3. The van der Waals surface area contributed by atoms with Gasteiger partial charge in [-0.2, -0.15) is 0 Å². The van der Waals surface area contributed by atoms with E-state index in [9.17, 15) is 9.59 Å². The molecule has 3 rings (SSSR count). The summed E-state index contributed by atoms with van der Waals surface area (Å²) < 4.78 is 16.2. The lowest BCUT2D eigenvalue weighted by Crippen LogP contribution is -2.27. The van der Waals surface area contributed by atoms with Gasteiger partial charge in [0.2, 0.25) is 0 Å². The van der Waals surface area contributed by atoms with Gasteiger partial charge < -0.3 is 19.5 Å². The summed E-state index contributed by atoms with van der Waals surface area (Å²) in [6.07, 6.45) is -0.287. The molecule has 0 saturated carbocycles. The lowest BCUT2D eigenvalue weighted by Gasteiger charge is -2.19. The number of amides is 1. The fourth-order valence-corrected chi connectivity index (χ4v) is 3.49. The van der Waals surface area contributed by atoms with Crippen molar-refractivity contribution in [3.8, 4) is 5.75 Å². The zero-order valence-corrected chi connectivity index (χ0v) is 19.5. The summed E-state index contributed by atoms with van der Waals surface area (Å²) >= 11 is 6.16. The molecule has 6 nitrogen and oxygen atoms in total. The predicted molar refractivity (Wildman–Crippen MR) is 127 cm³/mol. The summed E-state index contributed by atoms with van der Waals surface area (Å²) in [5.41, 5.74) is 2.58. The van der Waals surface area contributed by atoms with E-state index < -0.39 is 5.97 Å². The van der Waals surface area contributed by atoms with Crippen LogP contribution in [-0.2, 0) is 9.47 Å². The van der Waals surface area contributed by atoms with Crippen molar-refractivity contribution in [1.82, 2.24) is 5.32 Å². The van der Waals surface area contributed by atoms with Crippen LogP contribution in [0.15, 0.2) is 72.8 Å². The van der Waals surface area contributed by atoms with Crippen LogP contribution in [0.3, 0.4) is 0 Å². The van der Waals surface area contributed by atoms with Crippen molar-refractivity contribution in [2.24, 2.45) is 0 Å². The summed E-state index contributed by atoms with van der Waals surface area (Å²) in [6, 6.07) is 21.2. The van der Waals surface area contributed by atoms with Gasteiger partial charge in [0.25, 0.3) is 5.91 Å². The number of rotatable bonds is 9. The molecule has 0 saturated heterocycles. The van der Waals surface area contributed by atoms with Gasteiger partial charge in [-0.15, -0.1) is 0 Å². The molecule has 172 valence electrons. The van der Waals surface area contributed by atoms with Crippen LogP contribution < -0.4 is 10.1 Å². The zero-order chi connectivity index (χ0) is 23.8. The van der Waals surface area contributed by atoms with Crippen LogP contribution in [0.2, 0.25) is 5.02 Å². The van der Waals surface area contributed by atoms with Crippen LogP contribution >= 0.6 is 11.6 Å². The van der Waals surface area contributed by atoms with Gasteiger partial charge >= 0.3 is 5.97 Å². The molecular formula is C26H26ClNO5. The average Bonchev–Trinajstić information content (AvgIpc) is 2.85. The summed E-state index contributed by atoms with van der Waals surface area (Å²) in [4.78, 5) is 24.7. The molecule has 0 aliphatic carbocycles. The standard InChI is InChI=1S/C26H26ClNO5/c1-17(18-9-11-20(12-10-18)26(30)32-3)28-25(29)22-15-21(27)13-14-23(22)33-16-24(31-2)19-7-5-4-6-8-19/h4-15,17,24H,16H2,1-3H3,(H,28,29)/t17-,24?/m0/s1. The summed E-state index contributed by atoms with van der Waals surface area (Å²) in [5.74, 6) is -0.335. The van der Waals surface area contributed by atoms with Crippen molar-refractivity contribution in [2.75, 3.05) is 20.8 Å². The number of hydrogen-bond acceptors (Lipinski definition) is 5. The van der Waals surface area contributed by atoms with E-state index in [1.54, 1.807) is 49.6 Å². The Labute approximate surface area is 198 Å². The topological polar surface area (TPSA) is 73.9 Å². The Morgan fingerprint density at radius 1 is 0.939 bits per heavy atom. The number of esters is 1. The number of carbonyl (C=O) groups is 2. The molecule has 2 atom stereocenters. The van der Waals surface area contributed by atoms with Gasteiger partial charge in [0, 0.05) is 12.1 Å². The van der Waals surface area contributed by atoms with Crippen molar-refractivity contribution >= 4 is 23.5 Å². The minimum Gasteiger partial charge on any atom is -0.490 e. The molecular weight excluding hydrogens is 442 g/mol. The predicted octanol–water partition coefficient (Wildman–Crippen LogP) is 5.38. The Balaban J connectivity index is 1.72. The fourth-order valence-electron chi connectivity index (χ4n) is 3.32. The van der Waals surface area contributed by atoms with Crippen LogP contribution in [-0.4, -0.2) is 32.7 Å². The molecule has 1 N–H and O–H groups in total. The molecule has 7 heteroatoms. The molecule has 0 aliphatic heterocycles. The van der Waals surface area contributed by atoms with Gasteiger partial charge in [-0.3, -0.25) is 4.79 Å². The third-order valence-electron chi connectivity index (χ3n) is 5.21. The molecule has 0 heterocycles. The van der Waals surface area contributed by atoms with Crippen LogP contribution in [0, 0.1) is 0 Å². The molecule has 0 fully saturated rings. The van der Waals surface area contributed by atoms with E-state index in [-0.39, 0.29) is 24.7 Å². The van der Waals surface area contributed by atoms with E-state index in [2.05, 4.69) is 5.32 Å². The third kappa shape index (κ3) is 6.34. The van der Waals surface area contributed by atoms with Gasteiger partial charge in [-0.05, 0) is 48.4 Å². The SMILES string of the molecule is COC(=O)c1ccc([C@H](C)NC(=O)c2cc(Cl)ccc2OCC(OC)c2ccccc2)cc1. The van der Waals surface area contributed by atoms with E-state index in [4.69, 9.17) is 25.8 Å². The third-order valence-corrected chi connectivity index (χ3v) is 5.45. The highest BCUT2D eigenvalue weighted by molar-refractivity contribution is 6.31. The first-order valence-electron chi connectivity index (χ1n) is 10.4. The number of hydrogen-bond donors (Lipinski definition) is 1. The Bertz CT molecular complexity index is 1090. The van der Waals surface area contributed by atoms with Crippen molar-refractivity contribution < 1.29 is 23.8 Å². The van der Waals surface area contributed by atoms with E-state index in [0.29, 0.717) is 21.9 Å². The average molecular weight is 468 g/mol. The second-order valence-corrected chi connectivity index (χ2v) is 7.83. The molecule has 3 aromatic rings. The Kier molecular flexibility index (Phi) is 8.46. The van der Waals surface area contributed by atoms with Crippen LogP contribution in [0.4, 0.5) is 0 Å². The maximum atomic E-state index is 13.1. The zero-order valence-electron chi connectivity index (χ0n) is 18.7. The van der Waals surface area contributed by atoms with E-state index in [1.807, 2.05) is 37.3 Å². The van der Waals surface area contributed by atoms with Gasteiger partial charge in [0.15, 0.2) is 0 Å². The smallest absolute Gasteiger partial charge is 0.337 e. The first-order chi connectivity index (χ1) is 15.9. The molecule has 1 unspecified atom stereocenters. The first-order valence-corrected chi connectivity index (χ1v) is 10.8. The van der Waals surface area contributed by atoms with Gasteiger partial charge in [-0.1, -0.05) is 54.1 Å². The number of halogens is 1. The lowest BCUT2D eigenvalue weighted by molar-refractivity contribution is 0.0569. The number of carbonyl (C=O) groups excluding carboxylic acids is 2. The Hall–Kier alpha value is -3.35. The molecule has 0 aromatic heterocycles. The Morgan fingerprint density at radius 3 is 2.27 bits per heavy atom. The molecule has 0 bridgehead atoms. The van der Waals surface area contributed by atoms with Gasteiger partial charge in [-0.25, -0.2) is 4.79 Å². The van der Waals surface area contributed by atoms with Crippen LogP contribution in [0.25, 0.3) is 0 Å². The molecule has 1 amide bonds. The number of nitrogens with one attached hydrogen (secondary N) is 1. The molecule has 33 heavy (non-hydrogen) atoms. The number of benzene rings is 3. The van der Waals surface area contributed by atoms with E-state index in [1.165, 1.54) is 7.11 Å². The molecule has 3 aromatic carbocycles. The summed E-state index contributed by atoms with van der Waals surface area (Å²) in [5, 5.41) is 3.38. The largest absolute Gasteiger partial charge is 0.490 e. The Morgan fingerprint density at radius 2 is 1.64 bits per heavy atom. The molecule has 0 aliphatic rings.